The lowest BCUT2D eigenvalue weighted by atomic mass is 10.1. The third kappa shape index (κ3) is 3.30. The SMILES string of the molecule is COC(=O)c1cc(F)ccc1NC(=O)c1cc(Br)cn1C. The van der Waals surface area contributed by atoms with E-state index in [2.05, 4.69) is 26.0 Å². The number of carbonyl (C=O) groups excluding carboxylic acids is 2. The molecule has 1 N–H and O–H groups in total. The highest BCUT2D eigenvalue weighted by Gasteiger charge is 2.17. The van der Waals surface area contributed by atoms with Crippen LogP contribution in [-0.2, 0) is 11.8 Å². The van der Waals surface area contributed by atoms with Crippen LogP contribution in [0, 0.1) is 5.82 Å². The van der Waals surface area contributed by atoms with Crippen molar-refractivity contribution in [3.63, 3.8) is 0 Å². The molecule has 2 aromatic rings. The van der Waals surface area contributed by atoms with Crippen molar-refractivity contribution < 1.29 is 18.7 Å². The summed E-state index contributed by atoms with van der Waals surface area (Å²) < 4.78 is 20.2. The molecule has 0 aliphatic rings. The lowest BCUT2D eigenvalue weighted by Gasteiger charge is -2.10. The smallest absolute Gasteiger partial charge is 0.340 e. The maximum Gasteiger partial charge on any atom is 0.340 e. The Kier molecular flexibility index (Phi) is 4.42. The van der Waals surface area contributed by atoms with Gasteiger partial charge in [0.1, 0.15) is 11.5 Å². The molecule has 21 heavy (non-hydrogen) atoms. The van der Waals surface area contributed by atoms with Crippen LogP contribution in [0.15, 0.2) is 34.9 Å². The van der Waals surface area contributed by atoms with Crippen LogP contribution >= 0.6 is 15.9 Å². The van der Waals surface area contributed by atoms with Crippen molar-refractivity contribution in [3.8, 4) is 0 Å². The zero-order valence-corrected chi connectivity index (χ0v) is 12.9. The average Bonchev–Trinajstić information content (AvgIpc) is 2.78. The fourth-order valence-corrected chi connectivity index (χ4v) is 2.36. The number of halogens is 2. The lowest BCUT2D eigenvalue weighted by Crippen LogP contribution is -2.18. The lowest BCUT2D eigenvalue weighted by molar-refractivity contribution is 0.0601. The van der Waals surface area contributed by atoms with Crippen molar-refractivity contribution in [3.05, 3.63) is 52.0 Å². The Morgan fingerprint density at radius 1 is 1.33 bits per heavy atom. The van der Waals surface area contributed by atoms with Gasteiger partial charge in [-0.3, -0.25) is 4.79 Å². The predicted octanol–water partition coefficient (Wildman–Crippen LogP) is 2.97. The van der Waals surface area contributed by atoms with Crippen LogP contribution in [-0.4, -0.2) is 23.6 Å². The van der Waals surface area contributed by atoms with Gasteiger partial charge in [-0.25, -0.2) is 9.18 Å². The van der Waals surface area contributed by atoms with Crippen molar-refractivity contribution >= 4 is 33.5 Å². The molecule has 0 radical (unpaired) electrons. The van der Waals surface area contributed by atoms with E-state index in [0.717, 1.165) is 16.6 Å². The first kappa shape index (κ1) is 15.2. The van der Waals surface area contributed by atoms with Gasteiger partial charge in [0.15, 0.2) is 0 Å². The fraction of sp³-hybridized carbons (Fsp3) is 0.143. The summed E-state index contributed by atoms with van der Waals surface area (Å²) in [5.41, 5.74) is 0.534. The number of rotatable bonds is 3. The number of nitrogens with zero attached hydrogens (tertiary/aromatic N) is 1. The third-order valence-corrected chi connectivity index (χ3v) is 3.27. The van der Waals surface area contributed by atoms with Crippen molar-refractivity contribution in [1.29, 1.82) is 0 Å². The normalized spacial score (nSPS) is 10.3. The maximum atomic E-state index is 13.2. The van der Waals surface area contributed by atoms with Gasteiger partial charge in [0.2, 0.25) is 0 Å². The molecule has 0 bridgehead atoms. The van der Waals surface area contributed by atoms with Crippen LogP contribution in [0.2, 0.25) is 0 Å². The first-order valence-electron chi connectivity index (χ1n) is 5.93. The molecule has 5 nitrogen and oxygen atoms in total. The van der Waals surface area contributed by atoms with E-state index in [1.54, 1.807) is 23.9 Å². The fourth-order valence-electron chi connectivity index (χ4n) is 1.84. The highest BCUT2D eigenvalue weighted by molar-refractivity contribution is 9.10. The van der Waals surface area contributed by atoms with Gasteiger partial charge < -0.3 is 14.6 Å². The molecule has 0 fully saturated rings. The second kappa shape index (κ2) is 6.09. The van der Waals surface area contributed by atoms with Crippen molar-refractivity contribution in [2.24, 2.45) is 7.05 Å². The van der Waals surface area contributed by atoms with Gasteiger partial charge in [-0.1, -0.05) is 0 Å². The van der Waals surface area contributed by atoms with E-state index < -0.39 is 17.7 Å². The second-order valence-electron chi connectivity index (χ2n) is 4.29. The molecule has 7 heteroatoms. The third-order valence-electron chi connectivity index (χ3n) is 2.84. The van der Waals surface area contributed by atoms with Crippen LogP contribution < -0.4 is 5.32 Å². The van der Waals surface area contributed by atoms with E-state index in [4.69, 9.17) is 0 Å². The Balaban J connectivity index is 2.33. The Morgan fingerprint density at radius 3 is 2.62 bits per heavy atom. The minimum atomic E-state index is -0.724. The van der Waals surface area contributed by atoms with E-state index >= 15 is 0 Å². The molecule has 0 saturated heterocycles. The molecule has 1 aromatic heterocycles. The molecule has 0 saturated carbocycles. The van der Waals surface area contributed by atoms with Gasteiger partial charge in [-0.15, -0.1) is 0 Å². The first-order chi connectivity index (χ1) is 9.92. The summed E-state index contributed by atoms with van der Waals surface area (Å²) in [7, 11) is 2.90. The number of aryl methyl sites for hydroxylation is 1. The number of hydrogen-bond donors (Lipinski definition) is 1. The molecule has 0 aliphatic carbocycles. The Hall–Kier alpha value is -2.15. The van der Waals surface area contributed by atoms with Crippen LogP contribution in [0.4, 0.5) is 10.1 Å². The number of anilines is 1. The molecule has 1 amide bonds. The summed E-state index contributed by atoms with van der Waals surface area (Å²) in [5.74, 6) is -1.73. The summed E-state index contributed by atoms with van der Waals surface area (Å²) in [6, 6.07) is 5.12. The number of methoxy groups -OCH3 is 1. The Labute approximate surface area is 128 Å². The predicted molar refractivity (Wildman–Crippen MR) is 78.8 cm³/mol. The van der Waals surface area contributed by atoms with Crippen molar-refractivity contribution in [2.75, 3.05) is 12.4 Å². The summed E-state index contributed by atoms with van der Waals surface area (Å²) in [4.78, 5) is 23.8. The van der Waals surface area contributed by atoms with E-state index in [1.807, 2.05) is 0 Å². The summed E-state index contributed by atoms with van der Waals surface area (Å²) in [5, 5.41) is 2.58. The number of ether oxygens (including phenoxy) is 1. The molecule has 0 aliphatic heterocycles. The summed E-state index contributed by atoms with van der Waals surface area (Å²) >= 11 is 3.27. The van der Waals surface area contributed by atoms with E-state index in [0.29, 0.717) is 5.69 Å². The molecule has 1 heterocycles. The molecular formula is C14H12BrFN2O3. The quantitative estimate of drug-likeness (QED) is 0.862. The molecule has 2 rings (SSSR count). The standard InChI is InChI=1S/C14H12BrFN2O3/c1-18-7-8(15)5-12(18)13(19)17-11-4-3-9(16)6-10(11)14(20)21-2/h3-7H,1-2H3,(H,17,19). The van der Waals surface area contributed by atoms with E-state index in [1.165, 1.54) is 13.2 Å². The Morgan fingerprint density at radius 2 is 2.05 bits per heavy atom. The van der Waals surface area contributed by atoms with Gasteiger partial charge in [-0.05, 0) is 40.2 Å². The molecular weight excluding hydrogens is 343 g/mol. The number of aromatic nitrogens is 1. The monoisotopic (exact) mass is 354 g/mol. The zero-order chi connectivity index (χ0) is 15.6. The average molecular weight is 355 g/mol. The number of esters is 1. The molecule has 0 spiro atoms. The minimum absolute atomic E-state index is 0.0425. The highest BCUT2D eigenvalue weighted by atomic mass is 79.9. The van der Waals surface area contributed by atoms with E-state index in [-0.39, 0.29) is 11.3 Å². The maximum absolute atomic E-state index is 13.2. The molecule has 0 atom stereocenters. The van der Waals surface area contributed by atoms with Gasteiger partial charge in [0, 0.05) is 17.7 Å². The van der Waals surface area contributed by atoms with Crippen LogP contribution in [0.25, 0.3) is 0 Å². The summed E-state index contributed by atoms with van der Waals surface area (Å²) in [6.45, 7) is 0. The zero-order valence-electron chi connectivity index (χ0n) is 11.3. The molecule has 110 valence electrons. The van der Waals surface area contributed by atoms with Gasteiger partial charge in [-0.2, -0.15) is 0 Å². The van der Waals surface area contributed by atoms with Gasteiger partial charge in [0.05, 0.1) is 18.4 Å². The first-order valence-corrected chi connectivity index (χ1v) is 6.72. The number of carbonyl (C=O) groups is 2. The van der Waals surface area contributed by atoms with E-state index in [9.17, 15) is 14.0 Å². The van der Waals surface area contributed by atoms with Gasteiger partial charge >= 0.3 is 5.97 Å². The van der Waals surface area contributed by atoms with Crippen molar-refractivity contribution in [1.82, 2.24) is 4.57 Å². The number of hydrogen-bond acceptors (Lipinski definition) is 3. The largest absolute Gasteiger partial charge is 0.465 e. The van der Waals surface area contributed by atoms with Crippen LogP contribution in [0.3, 0.4) is 0 Å². The Bertz CT molecular complexity index is 712. The van der Waals surface area contributed by atoms with Crippen molar-refractivity contribution in [2.45, 2.75) is 0 Å². The second-order valence-corrected chi connectivity index (χ2v) is 5.21. The molecule has 0 unspecified atom stereocenters. The van der Waals surface area contributed by atoms with Gasteiger partial charge in [0.25, 0.3) is 5.91 Å². The number of benzene rings is 1. The summed E-state index contributed by atoms with van der Waals surface area (Å²) in [6.07, 6.45) is 1.72. The van der Waals surface area contributed by atoms with Crippen LogP contribution in [0.1, 0.15) is 20.8 Å². The number of nitrogens with one attached hydrogen (secondary N) is 1. The topological polar surface area (TPSA) is 60.3 Å². The minimum Gasteiger partial charge on any atom is -0.465 e. The van der Waals surface area contributed by atoms with Crippen LogP contribution in [0.5, 0.6) is 0 Å². The number of amides is 1. The highest BCUT2D eigenvalue weighted by Crippen LogP contribution is 2.20. The molecule has 1 aromatic carbocycles.